The van der Waals surface area contributed by atoms with Crippen LogP contribution in [-0.4, -0.2) is 37.6 Å². The molecule has 4 heteroatoms. The molecule has 1 rings (SSSR count). The molecule has 0 saturated carbocycles. The van der Waals surface area contributed by atoms with Gasteiger partial charge < -0.3 is 10.2 Å². The van der Waals surface area contributed by atoms with E-state index in [0.29, 0.717) is 11.6 Å². The smallest absolute Gasteiger partial charge is 0.0431 e. The minimum absolute atomic E-state index is 0.678. The van der Waals surface area contributed by atoms with Gasteiger partial charge in [-0.15, -0.1) is 0 Å². The molecule has 1 aliphatic heterocycles. The lowest BCUT2D eigenvalue weighted by Crippen LogP contribution is -2.27. The minimum Gasteiger partial charge on any atom is -0.311 e. The molecule has 0 radical (unpaired) electrons. The Morgan fingerprint density at radius 2 is 2.43 bits per heavy atom. The molecule has 14 heavy (non-hydrogen) atoms. The monoisotopic (exact) mass is 236 g/mol. The Bertz CT molecular complexity index is 195. The highest BCUT2D eigenvalue weighted by Gasteiger charge is 2.20. The molecule has 1 fully saturated rings. The van der Waals surface area contributed by atoms with E-state index in [1.807, 2.05) is 0 Å². The lowest BCUT2D eigenvalue weighted by Gasteiger charge is -2.13. The van der Waals surface area contributed by atoms with E-state index < -0.39 is 0 Å². The fourth-order valence-corrected chi connectivity index (χ4v) is 1.97. The molecule has 0 bridgehead atoms. The summed E-state index contributed by atoms with van der Waals surface area (Å²) in [6, 6.07) is 0. The summed E-state index contributed by atoms with van der Waals surface area (Å²) in [7, 11) is 0. The first-order chi connectivity index (χ1) is 6.76. The van der Waals surface area contributed by atoms with Gasteiger partial charge in [0, 0.05) is 23.7 Å². The van der Waals surface area contributed by atoms with Crippen LogP contribution in [0.15, 0.2) is 10.6 Å². The molecule has 0 aliphatic carbocycles. The Labute approximate surface area is 96.2 Å². The number of hydrogen-bond donors (Lipinski definition) is 1. The molecule has 82 valence electrons. The van der Waals surface area contributed by atoms with Crippen molar-refractivity contribution < 1.29 is 0 Å². The van der Waals surface area contributed by atoms with Gasteiger partial charge in [0.15, 0.2) is 0 Å². The maximum atomic E-state index is 5.76. The molecular formula is C10H18Cl2N2. The summed E-state index contributed by atoms with van der Waals surface area (Å²) >= 11 is 11.2. The molecule has 0 aromatic heterocycles. The van der Waals surface area contributed by atoms with Crippen LogP contribution in [0.5, 0.6) is 0 Å². The predicted molar refractivity (Wildman–Crippen MR) is 62.9 cm³/mol. The van der Waals surface area contributed by atoms with E-state index in [1.54, 1.807) is 0 Å². The van der Waals surface area contributed by atoms with Crippen molar-refractivity contribution in [2.45, 2.75) is 13.3 Å². The second-order valence-electron chi connectivity index (χ2n) is 3.73. The molecule has 1 atom stereocenters. The van der Waals surface area contributed by atoms with Gasteiger partial charge in [-0.25, -0.2) is 0 Å². The average Bonchev–Trinajstić information content (AvgIpc) is 2.65. The van der Waals surface area contributed by atoms with E-state index >= 15 is 0 Å². The van der Waals surface area contributed by atoms with Crippen LogP contribution >= 0.6 is 23.2 Å². The molecule has 1 saturated heterocycles. The summed E-state index contributed by atoms with van der Waals surface area (Å²) in [6.45, 7) is 7.56. The van der Waals surface area contributed by atoms with Crippen molar-refractivity contribution >= 4 is 23.2 Å². The van der Waals surface area contributed by atoms with E-state index in [9.17, 15) is 0 Å². The first kappa shape index (κ1) is 12.3. The van der Waals surface area contributed by atoms with Gasteiger partial charge in [-0.1, -0.05) is 30.1 Å². The predicted octanol–water partition coefficient (Wildman–Crippen LogP) is 2.24. The zero-order valence-electron chi connectivity index (χ0n) is 8.60. The van der Waals surface area contributed by atoms with E-state index in [0.717, 1.165) is 12.5 Å². The summed E-state index contributed by atoms with van der Waals surface area (Å²) in [5, 5.41) is 3.99. The second kappa shape index (κ2) is 6.67. The maximum absolute atomic E-state index is 5.76. The Kier molecular flexibility index (Phi) is 5.87. The third-order valence-electron chi connectivity index (χ3n) is 2.66. The summed E-state index contributed by atoms with van der Waals surface area (Å²) in [5.41, 5.74) is 1.42. The number of rotatable bonds is 5. The number of hydrogen-bond acceptors (Lipinski definition) is 2. The van der Waals surface area contributed by atoms with Crippen molar-refractivity contribution in [3.8, 4) is 0 Å². The standard InChI is InChI=1S/C10H18Cl2N2/c1-2-14-4-3-9(8-14)6-13-7-10(12)5-11/h5,9,13H,2-4,6-8H2,1H3. The van der Waals surface area contributed by atoms with Crippen LogP contribution in [0.1, 0.15) is 13.3 Å². The van der Waals surface area contributed by atoms with Crippen LogP contribution in [0.4, 0.5) is 0 Å². The normalized spacial score (nSPS) is 24.5. The number of nitrogens with zero attached hydrogens (tertiary/aromatic N) is 1. The lowest BCUT2D eigenvalue weighted by atomic mass is 10.1. The van der Waals surface area contributed by atoms with Crippen molar-refractivity contribution in [2.75, 3.05) is 32.7 Å². The summed E-state index contributed by atoms with van der Waals surface area (Å²) < 4.78 is 0. The number of nitrogens with one attached hydrogen (secondary N) is 1. The molecule has 0 aromatic carbocycles. The van der Waals surface area contributed by atoms with Crippen LogP contribution in [0.2, 0.25) is 0 Å². The largest absolute Gasteiger partial charge is 0.311 e. The average molecular weight is 237 g/mol. The highest BCUT2D eigenvalue weighted by molar-refractivity contribution is 6.36. The third kappa shape index (κ3) is 4.18. The number of halogens is 2. The molecule has 2 nitrogen and oxygen atoms in total. The summed E-state index contributed by atoms with van der Waals surface area (Å²) in [5.74, 6) is 0.773. The molecule has 0 aromatic rings. The van der Waals surface area contributed by atoms with E-state index in [1.165, 1.54) is 31.6 Å². The van der Waals surface area contributed by atoms with Gasteiger partial charge in [-0.3, -0.25) is 0 Å². The lowest BCUT2D eigenvalue weighted by molar-refractivity contribution is 0.340. The third-order valence-corrected chi connectivity index (χ3v) is 3.28. The first-order valence-corrected chi connectivity index (χ1v) is 5.95. The Morgan fingerprint density at radius 1 is 1.64 bits per heavy atom. The Hall–Kier alpha value is 0.240. The van der Waals surface area contributed by atoms with Crippen LogP contribution in [0.3, 0.4) is 0 Å². The zero-order valence-corrected chi connectivity index (χ0v) is 10.1. The van der Waals surface area contributed by atoms with Crippen molar-refractivity contribution in [3.05, 3.63) is 10.6 Å². The highest BCUT2D eigenvalue weighted by Crippen LogP contribution is 2.14. The van der Waals surface area contributed by atoms with E-state index in [-0.39, 0.29) is 0 Å². The van der Waals surface area contributed by atoms with E-state index in [4.69, 9.17) is 23.2 Å². The summed E-state index contributed by atoms with van der Waals surface area (Å²) in [6.07, 6.45) is 1.29. The molecule has 1 unspecified atom stereocenters. The molecule has 0 spiro atoms. The van der Waals surface area contributed by atoms with Gasteiger partial charge >= 0.3 is 0 Å². The SMILES string of the molecule is CCN1CCC(CNCC(Cl)=CCl)C1. The van der Waals surface area contributed by atoms with Gasteiger partial charge in [0.1, 0.15) is 0 Å². The van der Waals surface area contributed by atoms with Crippen LogP contribution in [-0.2, 0) is 0 Å². The molecular weight excluding hydrogens is 219 g/mol. The highest BCUT2D eigenvalue weighted by atomic mass is 35.5. The second-order valence-corrected chi connectivity index (χ2v) is 4.44. The Morgan fingerprint density at radius 3 is 3.00 bits per heavy atom. The molecule has 1 aliphatic rings. The van der Waals surface area contributed by atoms with Gasteiger partial charge in [-0.2, -0.15) is 0 Å². The Balaban J connectivity index is 2.08. The van der Waals surface area contributed by atoms with Crippen LogP contribution in [0, 0.1) is 5.92 Å². The molecule has 1 heterocycles. The maximum Gasteiger partial charge on any atom is 0.0431 e. The molecule has 1 N–H and O–H groups in total. The van der Waals surface area contributed by atoms with Crippen LogP contribution in [0.25, 0.3) is 0 Å². The van der Waals surface area contributed by atoms with Gasteiger partial charge in [-0.05, 0) is 32.0 Å². The molecule has 0 amide bonds. The fraction of sp³-hybridized carbons (Fsp3) is 0.800. The quantitative estimate of drug-likeness (QED) is 0.788. The van der Waals surface area contributed by atoms with Gasteiger partial charge in [0.25, 0.3) is 0 Å². The van der Waals surface area contributed by atoms with E-state index in [2.05, 4.69) is 17.1 Å². The zero-order chi connectivity index (χ0) is 10.4. The van der Waals surface area contributed by atoms with Crippen molar-refractivity contribution in [1.29, 1.82) is 0 Å². The van der Waals surface area contributed by atoms with Crippen LogP contribution < -0.4 is 5.32 Å². The first-order valence-electron chi connectivity index (χ1n) is 5.14. The van der Waals surface area contributed by atoms with Gasteiger partial charge in [0.05, 0.1) is 0 Å². The van der Waals surface area contributed by atoms with Crippen molar-refractivity contribution in [2.24, 2.45) is 5.92 Å². The summed E-state index contributed by atoms with van der Waals surface area (Å²) in [4.78, 5) is 2.48. The van der Waals surface area contributed by atoms with Gasteiger partial charge in [0.2, 0.25) is 0 Å². The minimum atomic E-state index is 0.678. The van der Waals surface area contributed by atoms with Crippen molar-refractivity contribution in [3.63, 3.8) is 0 Å². The number of likely N-dealkylation sites (tertiary alicyclic amines) is 1. The van der Waals surface area contributed by atoms with Crippen molar-refractivity contribution in [1.82, 2.24) is 10.2 Å². The topological polar surface area (TPSA) is 15.3 Å². The fourth-order valence-electron chi connectivity index (χ4n) is 1.80.